The highest BCUT2D eigenvalue weighted by Gasteiger charge is 2.31. The zero-order valence-corrected chi connectivity index (χ0v) is 12.5. The van der Waals surface area contributed by atoms with Crippen molar-refractivity contribution in [2.24, 2.45) is 0 Å². The van der Waals surface area contributed by atoms with Crippen LogP contribution in [0.5, 0.6) is 0 Å². The van der Waals surface area contributed by atoms with Gasteiger partial charge in [0.05, 0.1) is 11.8 Å². The Hall–Kier alpha value is -2.71. The number of halogens is 3. The van der Waals surface area contributed by atoms with Crippen LogP contribution in [-0.2, 0) is 6.18 Å². The van der Waals surface area contributed by atoms with Crippen molar-refractivity contribution in [3.8, 4) is 0 Å². The van der Waals surface area contributed by atoms with Gasteiger partial charge in [-0.15, -0.1) is 0 Å². The first-order chi connectivity index (χ1) is 11.4. The molecule has 0 spiro atoms. The van der Waals surface area contributed by atoms with E-state index in [0.29, 0.717) is 25.3 Å². The summed E-state index contributed by atoms with van der Waals surface area (Å²) < 4.78 is 37.7. The predicted octanol–water partition coefficient (Wildman–Crippen LogP) is 1.90. The summed E-state index contributed by atoms with van der Waals surface area (Å²) in [4.78, 5) is 25.5. The fraction of sp³-hybridized carbons (Fsp3) is 0.333. The molecule has 3 rings (SSSR count). The van der Waals surface area contributed by atoms with E-state index in [1.807, 2.05) is 4.90 Å². The van der Waals surface area contributed by atoms with Gasteiger partial charge < -0.3 is 10.2 Å². The summed E-state index contributed by atoms with van der Waals surface area (Å²) in [5.74, 6) is 0.134. The van der Waals surface area contributed by atoms with Crippen LogP contribution in [-0.4, -0.2) is 40.0 Å². The molecule has 1 fully saturated rings. The van der Waals surface area contributed by atoms with Gasteiger partial charge in [-0.05, 0) is 18.6 Å². The lowest BCUT2D eigenvalue weighted by molar-refractivity contribution is -0.137. The molecule has 24 heavy (non-hydrogen) atoms. The minimum atomic E-state index is -4.40. The highest BCUT2D eigenvalue weighted by atomic mass is 19.4. The van der Waals surface area contributed by atoms with Crippen molar-refractivity contribution in [2.45, 2.75) is 18.6 Å². The van der Waals surface area contributed by atoms with Crippen molar-refractivity contribution in [1.82, 2.24) is 20.3 Å². The Morgan fingerprint density at radius 1 is 1.21 bits per heavy atom. The second kappa shape index (κ2) is 6.42. The molecule has 1 N–H and O–H groups in total. The van der Waals surface area contributed by atoms with Crippen LogP contribution in [0.4, 0.5) is 19.0 Å². The van der Waals surface area contributed by atoms with E-state index in [1.54, 1.807) is 0 Å². The van der Waals surface area contributed by atoms with Gasteiger partial charge in [0.2, 0.25) is 0 Å². The van der Waals surface area contributed by atoms with E-state index in [-0.39, 0.29) is 17.6 Å². The van der Waals surface area contributed by atoms with E-state index >= 15 is 0 Å². The number of hydrogen-bond acceptors (Lipinski definition) is 5. The lowest BCUT2D eigenvalue weighted by Crippen LogP contribution is -2.37. The summed E-state index contributed by atoms with van der Waals surface area (Å²) in [7, 11) is 0. The SMILES string of the molecule is O=C(N[C@@H]1CCN(c2ccc(C(F)(F)F)cn2)C1)c1cnccn1. The fourth-order valence-electron chi connectivity index (χ4n) is 2.50. The van der Waals surface area contributed by atoms with Crippen LogP contribution in [0.3, 0.4) is 0 Å². The molecule has 126 valence electrons. The number of amides is 1. The maximum absolute atomic E-state index is 12.6. The zero-order chi connectivity index (χ0) is 17.2. The fourth-order valence-corrected chi connectivity index (χ4v) is 2.50. The van der Waals surface area contributed by atoms with Crippen LogP contribution in [0.25, 0.3) is 0 Å². The predicted molar refractivity (Wildman–Crippen MR) is 79.4 cm³/mol. The molecule has 3 heterocycles. The lowest BCUT2D eigenvalue weighted by atomic mass is 10.2. The molecule has 0 bridgehead atoms. The molecule has 1 atom stereocenters. The number of anilines is 1. The van der Waals surface area contributed by atoms with E-state index in [4.69, 9.17) is 0 Å². The van der Waals surface area contributed by atoms with E-state index in [2.05, 4.69) is 20.3 Å². The number of nitrogens with zero attached hydrogens (tertiary/aromatic N) is 4. The van der Waals surface area contributed by atoms with E-state index in [9.17, 15) is 18.0 Å². The first-order valence-corrected chi connectivity index (χ1v) is 7.28. The van der Waals surface area contributed by atoms with Gasteiger partial charge in [0.1, 0.15) is 11.5 Å². The van der Waals surface area contributed by atoms with Crippen LogP contribution < -0.4 is 10.2 Å². The van der Waals surface area contributed by atoms with E-state index in [1.165, 1.54) is 24.7 Å². The average Bonchev–Trinajstić information content (AvgIpc) is 3.03. The third-order valence-electron chi connectivity index (χ3n) is 3.72. The molecule has 0 aliphatic carbocycles. The number of aromatic nitrogens is 3. The van der Waals surface area contributed by atoms with Crippen LogP contribution in [0.2, 0.25) is 0 Å². The summed E-state index contributed by atoms with van der Waals surface area (Å²) in [5, 5.41) is 2.84. The number of rotatable bonds is 3. The zero-order valence-electron chi connectivity index (χ0n) is 12.5. The lowest BCUT2D eigenvalue weighted by Gasteiger charge is -2.18. The quantitative estimate of drug-likeness (QED) is 0.926. The first kappa shape index (κ1) is 16.2. The van der Waals surface area contributed by atoms with Gasteiger partial charge in [-0.2, -0.15) is 13.2 Å². The molecule has 6 nitrogen and oxygen atoms in total. The van der Waals surface area contributed by atoms with Gasteiger partial charge in [-0.3, -0.25) is 9.78 Å². The van der Waals surface area contributed by atoms with Crippen molar-refractivity contribution < 1.29 is 18.0 Å². The van der Waals surface area contributed by atoms with Crippen molar-refractivity contribution in [3.05, 3.63) is 48.2 Å². The average molecular weight is 337 g/mol. The Morgan fingerprint density at radius 3 is 2.67 bits per heavy atom. The third-order valence-corrected chi connectivity index (χ3v) is 3.72. The Kier molecular flexibility index (Phi) is 4.32. The minimum absolute atomic E-state index is 0.122. The van der Waals surface area contributed by atoms with E-state index < -0.39 is 11.7 Å². The van der Waals surface area contributed by atoms with Crippen LogP contribution >= 0.6 is 0 Å². The van der Waals surface area contributed by atoms with Crippen LogP contribution in [0.15, 0.2) is 36.9 Å². The molecule has 0 radical (unpaired) electrons. The summed E-state index contributed by atoms with van der Waals surface area (Å²) in [5.41, 5.74) is -0.554. The van der Waals surface area contributed by atoms with Crippen molar-refractivity contribution in [2.75, 3.05) is 18.0 Å². The van der Waals surface area contributed by atoms with Gasteiger partial charge in [0.25, 0.3) is 5.91 Å². The molecular weight excluding hydrogens is 323 g/mol. The maximum atomic E-state index is 12.6. The standard InChI is InChI=1S/C15H14F3N5O/c16-15(17,18)10-1-2-13(21-7-10)23-6-3-11(9-23)22-14(24)12-8-19-4-5-20-12/h1-2,4-5,7-8,11H,3,6,9H2,(H,22,24)/t11-/m1/s1. The molecule has 2 aromatic rings. The number of alkyl halides is 3. The Morgan fingerprint density at radius 2 is 2.04 bits per heavy atom. The molecule has 1 aliphatic rings. The second-order valence-electron chi connectivity index (χ2n) is 5.40. The molecule has 0 aromatic carbocycles. The summed E-state index contributed by atoms with van der Waals surface area (Å²) in [6, 6.07) is 2.23. The molecular formula is C15H14F3N5O. The number of nitrogens with one attached hydrogen (secondary N) is 1. The summed E-state index contributed by atoms with van der Waals surface area (Å²) >= 11 is 0. The highest BCUT2D eigenvalue weighted by molar-refractivity contribution is 5.92. The molecule has 1 aliphatic heterocycles. The van der Waals surface area contributed by atoms with Gasteiger partial charge in [0, 0.05) is 37.7 Å². The maximum Gasteiger partial charge on any atom is 0.417 e. The van der Waals surface area contributed by atoms with Gasteiger partial charge in [0.15, 0.2) is 0 Å². The van der Waals surface area contributed by atoms with Crippen molar-refractivity contribution in [3.63, 3.8) is 0 Å². The highest BCUT2D eigenvalue weighted by Crippen LogP contribution is 2.29. The van der Waals surface area contributed by atoms with Crippen molar-refractivity contribution in [1.29, 1.82) is 0 Å². The second-order valence-corrected chi connectivity index (χ2v) is 5.40. The van der Waals surface area contributed by atoms with Gasteiger partial charge in [-0.1, -0.05) is 0 Å². The first-order valence-electron chi connectivity index (χ1n) is 7.28. The van der Waals surface area contributed by atoms with E-state index in [0.717, 1.165) is 12.3 Å². The Labute approximate surface area is 135 Å². The minimum Gasteiger partial charge on any atom is -0.354 e. The molecule has 2 aromatic heterocycles. The molecule has 9 heteroatoms. The van der Waals surface area contributed by atoms with Crippen LogP contribution in [0.1, 0.15) is 22.5 Å². The smallest absolute Gasteiger partial charge is 0.354 e. The number of hydrogen-bond donors (Lipinski definition) is 1. The molecule has 1 amide bonds. The molecule has 1 saturated heterocycles. The van der Waals surface area contributed by atoms with Gasteiger partial charge in [-0.25, -0.2) is 9.97 Å². The number of carbonyl (C=O) groups is 1. The Bertz CT molecular complexity index is 705. The topological polar surface area (TPSA) is 71.0 Å². The number of pyridine rings is 1. The summed E-state index contributed by atoms with van der Waals surface area (Å²) in [6.45, 7) is 1.08. The third kappa shape index (κ3) is 3.61. The van der Waals surface area contributed by atoms with Gasteiger partial charge >= 0.3 is 6.18 Å². The Balaban J connectivity index is 1.60. The molecule has 0 unspecified atom stereocenters. The summed E-state index contributed by atoms with van der Waals surface area (Å²) in [6.07, 6.45) is 1.38. The van der Waals surface area contributed by atoms with Crippen LogP contribution in [0, 0.1) is 0 Å². The largest absolute Gasteiger partial charge is 0.417 e. The number of carbonyl (C=O) groups excluding carboxylic acids is 1. The van der Waals surface area contributed by atoms with Crippen molar-refractivity contribution >= 4 is 11.7 Å². The monoisotopic (exact) mass is 337 g/mol. The molecule has 0 saturated carbocycles. The normalized spacial score (nSPS) is 17.8.